The highest BCUT2D eigenvalue weighted by atomic mass is 19.1. The van der Waals surface area contributed by atoms with Crippen LogP contribution in [-0.2, 0) is 11.3 Å². The summed E-state index contributed by atoms with van der Waals surface area (Å²) in [5, 5.41) is 0. The summed E-state index contributed by atoms with van der Waals surface area (Å²) < 4.78 is 35.4. The van der Waals surface area contributed by atoms with Gasteiger partial charge < -0.3 is 9.64 Å². The normalized spacial score (nSPS) is 16.6. The lowest BCUT2D eigenvalue weighted by atomic mass is 10.1. The first-order valence-corrected chi connectivity index (χ1v) is 10.1. The van der Waals surface area contributed by atoms with E-state index >= 15 is 0 Å². The Balaban J connectivity index is 1.64. The standard InChI is InChI=1S/C23H30F2N2O/c1-17(2)15-26-9-11-27(12-10-26)23-21(24)13-20(14-22(23)25)18(3)28-16-19-7-5-4-6-8-19/h4-8,13-14,17-18H,9-12,15-16H2,1-3H3. The van der Waals surface area contributed by atoms with Crippen molar-refractivity contribution in [3.05, 3.63) is 65.2 Å². The highest BCUT2D eigenvalue weighted by Gasteiger charge is 2.24. The quantitative estimate of drug-likeness (QED) is 0.662. The molecule has 3 nitrogen and oxygen atoms in total. The van der Waals surface area contributed by atoms with Crippen LogP contribution in [0.25, 0.3) is 0 Å². The van der Waals surface area contributed by atoms with Crippen molar-refractivity contribution in [3.8, 4) is 0 Å². The minimum absolute atomic E-state index is 0.0863. The van der Waals surface area contributed by atoms with Crippen molar-refractivity contribution in [2.75, 3.05) is 37.6 Å². The van der Waals surface area contributed by atoms with Gasteiger partial charge in [-0.25, -0.2) is 8.78 Å². The predicted octanol–water partition coefficient (Wildman–Crippen LogP) is 5.02. The summed E-state index contributed by atoms with van der Waals surface area (Å²) in [6.07, 6.45) is -0.388. The van der Waals surface area contributed by atoms with E-state index in [0.29, 0.717) is 31.2 Å². The zero-order valence-corrected chi connectivity index (χ0v) is 17.0. The fourth-order valence-corrected chi connectivity index (χ4v) is 3.68. The Kier molecular flexibility index (Phi) is 7.03. The molecule has 0 aliphatic carbocycles. The molecule has 0 spiro atoms. The molecule has 0 amide bonds. The fraction of sp³-hybridized carbons (Fsp3) is 0.478. The topological polar surface area (TPSA) is 15.7 Å². The maximum atomic E-state index is 14.8. The molecule has 1 saturated heterocycles. The monoisotopic (exact) mass is 388 g/mol. The molecule has 1 aliphatic heterocycles. The minimum atomic E-state index is -0.512. The van der Waals surface area contributed by atoms with Gasteiger partial charge in [0.05, 0.1) is 12.7 Å². The number of rotatable bonds is 7. The molecule has 2 aromatic carbocycles. The van der Waals surface area contributed by atoms with Crippen molar-refractivity contribution in [1.29, 1.82) is 0 Å². The SMILES string of the molecule is CC(C)CN1CCN(c2c(F)cc(C(C)OCc3ccccc3)cc2F)CC1. The highest BCUT2D eigenvalue weighted by molar-refractivity contribution is 5.51. The van der Waals surface area contributed by atoms with Crippen LogP contribution < -0.4 is 4.90 Å². The predicted molar refractivity (Wildman–Crippen MR) is 109 cm³/mol. The Morgan fingerprint density at radius 2 is 1.54 bits per heavy atom. The van der Waals surface area contributed by atoms with Crippen LogP contribution in [0.1, 0.15) is 38.0 Å². The molecule has 3 rings (SSSR count). The summed E-state index contributed by atoms with van der Waals surface area (Å²) >= 11 is 0. The van der Waals surface area contributed by atoms with Crippen LogP contribution in [0, 0.1) is 17.6 Å². The molecule has 0 bridgehead atoms. The number of hydrogen-bond donors (Lipinski definition) is 0. The van der Waals surface area contributed by atoms with Crippen molar-refractivity contribution in [1.82, 2.24) is 4.90 Å². The largest absolute Gasteiger partial charge is 0.369 e. The molecule has 152 valence electrons. The molecule has 0 radical (unpaired) electrons. The van der Waals surface area contributed by atoms with Gasteiger partial charge in [-0.1, -0.05) is 44.2 Å². The van der Waals surface area contributed by atoms with E-state index in [0.717, 1.165) is 25.2 Å². The van der Waals surface area contributed by atoms with E-state index in [2.05, 4.69) is 18.7 Å². The molecular weight excluding hydrogens is 358 g/mol. The molecule has 1 aliphatic rings. The van der Waals surface area contributed by atoms with Crippen LogP contribution in [0.15, 0.2) is 42.5 Å². The molecular formula is C23H30F2N2O. The Morgan fingerprint density at radius 1 is 0.929 bits per heavy atom. The second-order valence-electron chi connectivity index (χ2n) is 7.95. The summed E-state index contributed by atoms with van der Waals surface area (Å²) in [6, 6.07) is 12.6. The Labute approximate surface area is 166 Å². The number of anilines is 1. The van der Waals surface area contributed by atoms with Crippen molar-refractivity contribution >= 4 is 5.69 Å². The third-order valence-corrected chi connectivity index (χ3v) is 5.16. The van der Waals surface area contributed by atoms with Gasteiger partial charge in [0.25, 0.3) is 0 Å². The molecule has 28 heavy (non-hydrogen) atoms. The van der Waals surface area contributed by atoms with Gasteiger partial charge in [-0.2, -0.15) is 0 Å². The molecule has 0 aromatic heterocycles. The molecule has 1 heterocycles. The molecule has 0 N–H and O–H groups in total. The molecule has 1 unspecified atom stereocenters. The van der Waals surface area contributed by atoms with Crippen molar-refractivity contribution in [3.63, 3.8) is 0 Å². The lowest BCUT2D eigenvalue weighted by Crippen LogP contribution is -2.48. The highest BCUT2D eigenvalue weighted by Crippen LogP contribution is 2.29. The van der Waals surface area contributed by atoms with Gasteiger partial charge in [0.2, 0.25) is 0 Å². The van der Waals surface area contributed by atoms with Gasteiger partial charge in [0.1, 0.15) is 17.3 Å². The van der Waals surface area contributed by atoms with Gasteiger partial charge in [-0.3, -0.25) is 4.90 Å². The number of benzene rings is 2. The first-order valence-electron chi connectivity index (χ1n) is 10.1. The Bertz CT molecular complexity index is 735. The molecule has 5 heteroatoms. The van der Waals surface area contributed by atoms with Crippen LogP contribution >= 0.6 is 0 Å². The number of hydrogen-bond acceptors (Lipinski definition) is 3. The van der Waals surface area contributed by atoms with Crippen molar-refractivity contribution < 1.29 is 13.5 Å². The van der Waals surface area contributed by atoms with Gasteiger partial charge in [-0.05, 0) is 36.1 Å². The smallest absolute Gasteiger partial charge is 0.149 e. The van der Waals surface area contributed by atoms with Crippen LogP contribution in [0.2, 0.25) is 0 Å². The second kappa shape index (κ2) is 9.48. The van der Waals surface area contributed by atoms with Crippen LogP contribution in [0.4, 0.5) is 14.5 Å². The molecule has 1 fully saturated rings. The molecule has 1 atom stereocenters. The lowest BCUT2D eigenvalue weighted by Gasteiger charge is -2.37. The van der Waals surface area contributed by atoms with E-state index in [-0.39, 0.29) is 11.8 Å². The summed E-state index contributed by atoms with van der Waals surface area (Å²) in [6.45, 7) is 10.6. The summed E-state index contributed by atoms with van der Waals surface area (Å²) in [4.78, 5) is 4.17. The third kappa shape index (κ3) is 5.30. The third-order valence-electron chi connectivity index (χ3n) is 5.16. The minimum Gasteiger partial charge on any atom is -0.369 e. The van der Waals surface area contributed by atoms with E-state index < -0.39 is 11.6 Å². The summed E-state index contributed by atoms with van der Waals surface area (Å²) in [7, 11) is 0. The Morgan fingerprint density at radius 3 is 2.11 bits per heavy atom. The maximum absolute atomic E-state index is 14.8. The summed E-state index contributed by atoms with van der Waals surface area (Å²) in [5.41, 5.74) is 1.64. The van der Waals surface area contributed by atoms with Gasteiger partial charge >= 0.3 is 0 Å². The van der Waals surface area contributed by atoms with E-state index in [1.807, 2.05) is 42.2 Å². The average Bonchev–Trinajstić information content (AvgIpc) is 2.67. The van der Waals surface area contributed by atoms with Crippen LogP contribution in [0.3, 0.4) is 0 Å². The van der Waals surface area contributed by atoms with Crippen molar-refractivity contribution in [2.24, 2.45) is 5.92 Å². The first-order chi connectivity index (χ1) is 13.4. The molecule has 2 aromatic rings. The van der Waals surface area contributed by atoms with Crippen LogP contribution in [-0.4, -0.2) is 37.6 Å². The first kappa shape index (κ1) is 20.7. The fourth-order valence-electron chi connectivity index (χ4n) is 3.68. The number of halogens is 2. The zero-order valence-electron chi connectivity index (χ0n) is 17.0. The van der Waals surface area contributed by atoms with E-state index in [9.17, 15) is 8.78 Å². The maximum Gasteiger partial charge on any atom is 0.149 e. The number of piperazine rings is 1. The van der Waals surface area contributed by atoms with E-state index in [1.165, 1.54) is 12.1 Å². The van der Waals surface area contributed by atoms with E-state index in [1.54, 1.807) is 0 Å². The average molecular weight is 389 g/mol. The lowest BCUT2D eigenvalue weighted by molar-refractivity contribution is 0.0521. The molecule has 0 saturated carbocycles. The summed E-state index contributed by atoms with van der Waals surface area (Å²) in [5.74, 6) is -0.429. The van der Waals surface area contributed by atoms with E-state index in [4.69, 9.17) is 4.74 Å². The number of nitrogens with zero attached hydrogens (tertiary/aromatic N) is 2. The van der Waals surface area contributed by atoms with Gasteiger partial charge in [0, 0.05) is 32.7 Å². The zero-order chi connectivity index (χ0) is 20.1. The van der Waals surface area contributed by atoms with Crippen LogP contribution in [0.5, 0.6) is 0 Å². The van der Waals surface area contributed by atoms with Gasteiger partial charge in [-0.15, -0.1) is 0 Å². The van der Waals surface area contributed by atoms with Crippen molar-refractivity contribution in [2.45, 2.75) is 33.5 Å². The number of ether oxygens (including phenoxy) is 1. The van der Waals surface area contributed by atoms with Gasteiger partial charge in [0.15, 0.2) is 0 Å². The Hall–Kier alpha value is -1.98. The second-order valence-corrected chi connectivity index (χ2v) is 7.95.